The molecule has 0 saturated heterocycles. The van der Waals surface area contributed by atoms with E-state index < -0.39 is 29.8 Å². The maximum atomic E-state index is 13.7. The zero-order valence-corrected chi connectivity index (χ0v) is 15.6. The van der Waals surface area contributed by atoms with Gasteiger partial charge in [0.15, 0.2) is 11.3 Å². The van der Waals surface area contributed by atoms with Crippen LogP contribution >= 0.6 is 15.9 Å². The molecule has 0 saturated carbocycles. The van der Waals surface area contributed by atoms with Crippen molar-refractivity contribution in [1.29, 1.82) is 0 Å². The number of carbonyl (C=O) groups is 2. The summed E-state index contributed by atoms with van der Waals surface area (Å²) in [6.07, 6.45) is -0.238. The van der Waals surface area contributed by atoms with Gasteiger partial charge >= 0.3 is 11.9 Å². The van der Waals surface area contributed by atoms with Gasteiger partial charge < -0.3 is 9.47 Å². The van der Waals surface area contributed by atoms with Crippen molar-refractivity contribution >= 4 is 33.5 Å². The molecule has 0 unspecified atom stereocenters. The Kier molecular flexibility index (Phi) is 5.17. The number of ether oxygens (including phenoxy) is 2. The number of alkyl halides is 2. The number of esters is 2. The Morgan fingerprint density at radius 3 is 2.70 bits per heavy atom. The SMILES string of the molecule is CCOC(=O)c1nnn(-c2cc(C(=O)OC)cn3c(Br)cnc23)c1C(F)F. The lowest BCUT2D eigenvalue weighted by Gasteiger charge is -2.10. The van der Waals surface area contributed by atoms with Gasteiger partial charge in [-0.1, -0.05) is 5.21 Å². The van der Waals surface area contributed by atoms with Crippen LogP contribution in [0.15, 0.2) is 23.1 Å². The lowest BCUT2D eigenvalue weighted by Crippen LogP contribution is -2.12. The van der Waals surface area contributed by atoms with E-state index in [2.05, 4.69) is 31.2 Å². The van der Waals surface area contributed by atoms with E-state index in [0.29, 0.717) is 4.60 Å². The Hall–Kier alpha value is -2.89. The van der Waals surface area contributed by atoms with E-state index in [1.165, 1.54) is 36.9 Å². The maximum Gasteiger partial charge on any atom is 0.361 e. The number of carbonyl (C=O) groups excluding carboxylic acids is 2. The minimum Gasteiger partial charge on any atom is -0.465 e. The van der Waals surface area contributed by atoms with Gasteiger partial charge in [-0.25, -0.2) is 28.0 Å². The van der Waals surface area contributed by atoms with E-state index >= 15 is 0 Å². The molecule has 9 nitrogen and oxygen atoms in total. The molecule has 3 aromatic rings. The second-order valence-electron chi connectivity index (χ2n) is 5.14. The molecule has 142 valence electrons. The predicted octanol–water partition coefficient (Wildman–Crippen LogP) is 2.58. The van der Waals surface area contributed by atoms with Crippen LogP contribution in [0.2, 0.25) is 0 Å². The minimum atomic E-state index is -3.08. The summed E-state index contributed by atoms with van der Waals surface area (Å²) < 4.78 is 39.5. The average molecular weight is 444 g/mol. The molecular weight excluding hydrogens is 432 g/mol. The van der Waals surface area contributed by atoms with Crippen LogP contribution in [0.3, 0.4) is 0 Å². The number of halogens is 3. The number of methoxy groups -OCH3 is 1. The fourth-order valence-electron chi connectivity index (χ4n) is 2.43. The van der Waals surface area contributed by atoms with E-state index in [1.54, 1.807) is 0 Å². The lowest BCUT2D eigenvalue weighted by atomic mass is 10.2. The minimum absolute atomic E-state index is 0.0103. The number of nitrogens with zero attached hydrogens (tertiary/aromatic N) is 5. The summed E-state index contributed by atoms with van der Waals surface area (Å²) in [6.45, 7) is 1.53. The zero-order valence-electron chi connectivity index (χ0n) is 14.0. The Morgan fingerprint density at radius 2 is 2.07 bits per heavy atom. The molecule has 27 heavy (non-hydrogen) atoms. The number of aromatic nitrogens is 5. The summed E-state index contributed by atoms with van der Waals surface area (Å²) >= 11 is 3.26. The first-order valence-electron chi connectivity index (χ1n) is 7.55. The Balaban J connectivity index is 2.29. The van der Waals surface area contributed by atoms with Crippen LogP contribution < -0.4 is 0 Å². The number of rotatable bonds is 5. The quantitative estimate of drug-likeness (QED) is 0.558. The Morgan fingerprint density at radius 1 is 1.33 bits per heavy atom. The zero-order chi connectivity index (χ0) is 19.7. The standard InChI is InChI=1S/C15H12BrF2N5O4/c1-3-27-15(25)10-11(12(17)18)23(21-20-10)8-4-7(14(24)26-2)6-22-9(16)5-19-13(8)22/h4-6,12H,3H2,1-2H3. The monoisotopic (exact) mass is 443 g/mol. The van der Waals surface area contributed by atoms with Crippen LogP contribution in [0.5, 0.6) is 0 Å². The summed E-state index contributed by atoms with van der Waals surface area (Å²) in [5, 5.41) is 7.20. The van der Waals surface area contributed by atoms with Crippen LogP contribution in [0, 0.1) is 0 Å². The first-order valence-corrected chi connectivity index (χ1v) is 8.34. The highest BCUT2D eigenvalue weighted by Gasteiger charge is 2.30. The molecule has 0 N–H and O–H groups in total. The summed E-state index contributed by atoms with van der Waals surface area (Å²) in [4.78, 5) is 28.0. The van der Waals surface area contributed by atoms with Crippen molar-refractivity contribution in [3.05, 3.63) is 40.0 Å². The summed E-state index contributed by atoms with van der Waals surface area (Å²) in [7, 11) is 1.19. The molecule has 3 heterocycles. The first-order chi connectivity index (χ1) is 12.9. The Labute approximate surface area is 159 Å². The number of pyridine rings is 1. The third-order valence-corrected chi connectivity index (χ3v) is 4.16. The van der Waals surface area contributed by atoms with E-state index in [0.717, 1.165) is 4.68 Å². The smallest absolute Gasteiger partial charge is 0.361 e. The third kappa shape index (κ3) is 3.27. The first kappa shape index (κ1) is 18.9. The van der Waals surface area contributed by atoms with Gasteiger partial charge in [-0.05, 0) is 28.9 Å². The highest BCUT2D eigenvalue weighted by molar-refractivity contribution is 9.10. The van der Waals surface area contributed by atoms with Crippen LogP contribution in [0.25, 0.3) is 11.3 Å². The third-order valence-electron chi connectivity index (χ3n) is 3.57. The number of hydrogen-bond donors (Lipinski definition) is 0. The molecule has 12 heteroatoms. The molecule has 0 radical (unpaired) electrons. The molecular formula is C15H12BrF2N5O4. The van der Waals surface area contributed by atoms with Gasteiger partial charge in [-0.2, -0.15) is 0 Å². The van der Waals surface area contributed by atoms with Crippen LogP contribution in [0.1, 0.15) is 39.9 Å². The number of hydrogen-bond acceptors (Lipinski definition) is 7. The van der Waals surface area contributed by atoms with Gasteiger partial charge in [0.25, 0.3) is 6.43 Å². The summed E-state index contributed by atoms with van der Waals surface area (Å²) in [5.41, 5.74) is -1.10. The normalized spacial score (nSPS) is 11.2. The fourth-order valence-corrected chi connectivity index (χ4v) is 2.81. The van der Waals surface area contributed by atoms with Gasteiger partial charge in [0.1, 0.15) is 16.0 Å². The van der Waals surface area contributed by atoms with Crippen molar-refractivity contribution in [2.75, 3.05) is 13.7 Å². The molecule has 0 aliphatic heterocycles. The number of imidazole rings is 1. The van der Waals surface area contributed by atoms with Gasteiger partial charge in [0, 0.05) is 6.20 Å². The molecule has 0 spiro atoms. The van der Waals surface area contributed by atoms with Crippen LogP contribution in [0.4, 0.5) is 8.78 Å². The fraction of sp³-hybridized carbons (Fsp3) is 0.267. The van der Waals surface area contributed by atoms with Gasteiger partial charge in [0.2, 0.25) is 0 Å². The summed E-state index contributed by atoms with van der Waals surface area (Å²) in [6, 6.07) is 1.27. The molecule has 0 bridgehead atoms. The average Bonchev–Trinajstić information content (AvgIpc) is 3.25. The van der Waals surface area contributed by atoms with E-state index in [-0.39, 0.29) is 23.5 Å². The van der Waals surface area contributed by atoms with Crippen molar-refractivity contribution in [1.82, 2.24) is 24.4 Å². The summed E-state index contributed by atoms with van der Waals surface area (Å²) in [5.74, 6) is -1.72. The molecule has 0 aliphatic rings. The molecule has 0 amide bonds. The molecule has 3 rings (SSSR count). The van der Waals surface area contributed by atoms with Crippen LogP contribution in [-0.4, -0.2) is 50.0 Å². The largest absolute Gasteiger partial charge is 0.465 e. The second kappa shape index (κ2) is 7.39. The van der Waals surface area contributed by atoms with Crippen molar-refractivity contribution in [2.45, 2.75) is 13.3 Å². The lowest BCUT2D eigenvalue weighted by molar-refractivity contribution is 0.0506. The van der Waals surface area contributed by atoms with Gasteiger partial charge in [0.05, 0.1) is 25.5 Å². The second-order valence-corrected chi connectivity index (χ2v) is 5.95. The highest BCUT2D eigenvalue weighted by Crippen LogP contribution is 2.28. The maximum absolute atomic E-state index is 13.7. The molecule has 0 atom stereocenters. The molecule has 0 aromatic carbocycles. The van der Waals surface area contributed by atoms with Crippen molar-refractivity contribution in [2.24, 2.45) is 0 Å². The van der Waals surface area contributed by atoms with E-state index in [9.17, 15) is 18.4 Å². The van der Waals surface area contributed by atoms with E-state index in [4.69, 9.17) is 9.47 Å². The molecule has 0 fully saturated rings. The van der Waals surface area contributed by atoms with Crippen molar-refractivity contribution in [3.8, 4) is 5.69 Å². The Bertz CT molecular complexity index is 1030. The molecule has 3 aromatic heterocycles. The molecule has 0 aliphatic carbocycles. The topological polar surface area (TPSA) is 101 Å². The predicted molar refractivity (Wildman–Crippen MR) is 90.1 cm³/mol. The van der Waals surface area contributed by atoms with Gasteiger partial charge in [-0.3, -0.25) is 4.40 Å². The highest BCUT2D eigenvalue weighted by atomic mass is 79.9. The van der Waals surface area contributed by atoms with Gasteiger partial charge in [-0.15, -0.1) is 5.10 Å². The van der Waals surface area contributed by atoms with Crippen molar-refractivity contribution < 1.29 is 27.8 Å². The number of fused-ring (bicyclic) bond motifs is 1. The van der Waals surface area contributed by atoms with E-state index in [1.807, 2.05) is 0 Å². The van der Waals surface area contributed by atoms with Crippen molar-refractivity contribution in [3.63, 3.8) is 0 Å². The van der Waals surface area contributed by atoms with Crippen LogP contribution in [-0.2, 0) is 9.47 Å².